The van der Waals surface area contributed by atoms with Crippen molar-refractivity contribution < 1.29 is 9.53 Å². The third-order valence-corrected chi connectivity index (χ3v) is 9.15. The van der Waals surface area contributed by atoms with Gasteiger partial charge in [-0.25, -0.2) is 0 Å². The lowest BCUT2D eigenvalue weighted by atomic mass is 9.67. The van der Waals surface area contributed by atoms with Crippen LogP contribution in [0, 0.1) is 17.8 Å². The molecule has 0 aliphatic heterocycles. The molecular weight excluding hydrogens is 486 g/mol. The van der Waals surface area contributed by atoms with E-state index in [0.717, 1.165) is 47.9 Å². The fourth-order valence-electron chi connectivity index (χ4n) is 4.61. The summed E-state index contributed by atoms with van der Waals surface area (Å²) in [6.45, 7) is 14.8. The number of ether oxygens (including phenoxy) is 1. The molecule has 1 aliphatic carbocycles. The standard InChI is InChI=1S/C30H50BrNO2/c1-23-22-24(14-19-27(23)31)28(33)32-25-15-17-26(18-16-25)34-21-13-11-9-7-8-10-12-20-30(5,6)29(2,3)4/h14,19,22,25-26H,7-13,15-18,20-21H2,1-6H3,(H,32,33). The van der Waals surface area contributed by atoms with Crippen LogP contribution in [0.25, 0.3) is 0 Å². The van der Waals surface area contributed by atoms with Gasteiger partial charge in [-0.2, -0.15) is 0 Å². The number of amides is 1. The molecule has 1 N–H and O–H groups in total. The van der Waals surface area contributed by atoms with Crippen molar-refractivity contribution in [1.82, 2.24) is 5.32 Å². The zero-order valence-corrected chi connectivity index (χ0v) is 24.4. The van der Waals surface area contributed by atoms with E-state index in [0.29, 0.717) is 16.9 Å². The number of unbranched alkanes of at least 4 members (excludes halogenated alkanes) is 6. The summed E-state index contributed by atoms with van der Waals surface area (Å²) >= 11 is 3.50. The summed E-state index contributed by atoms with van der Waals surface area (Å²) < 4.78 is 7.19. The van der Waals surface area contributed by atoms with Crippen molar-refractivity contribution in [2.24, 2.45) is 10.8 Å². The van der Waals surface area contributed by atoms with Crippen LogP contribution in [0.2, 0.25) is 0 Å². The summed E-state index contributed by atoms with van der Waals surface area (Å²) in [4.78, 5) is 12.5. The second-order valence-electron chi connectivity index (χ2n) is 12.1. The number of carbonyl (C=O) groups is 1. The molecule has 1 aromatic carbocycles. The average Bonchev–Trinajstić information content (AvgIpc) is 2.77. The van der Waals surface area contributed by atoms with Crippen LogP contribution in [-0.4, -0.2) is 24.7 Å². The Labute approximate surface area is 218 Å². The monoisotopic (exact) mass is 535 g/mol. The van der Waals surface area contributed by atoms with E-state index >= 15 is 0 Å². The minimum atomic E-state index is 0.0397. The summed E-state index contributed by atoms with van der Waals surface area (Å²) in [5.74, 6) is 0.0397. The number of rotatable bonds is 13. The van der Waals surface area contributed by atoms with Crippen LogP contribution in [0.1, 0.15) is 128 Å². The molecule has 0 atom stereocenters. The number of aryl methyl sites for hydroxylation is 1. The lowest BCUT2D eigenvalue weighted by molar-refractivity contribution is 0.0203. The molecule has 3 nitrogen and oxygen atoms in total. The van der Waals surface area contributed by atoms with E-state index in [1.54, 1.807) is 0 Å². The summed E-state index contributed by atoms with van der Waals surface area (Å²) in [5.41, 5.74) is 2.64. The molecule has 0 bridgehead atoms. The van der Waals surface area contributed by atoms with Crippen LogP contribution in [0.15, 0.2) is 22.7 Å². The van der Waals surface area contributed by atoms with Crippen molar-refractivity contribution in [3.05, 3.63) is 33.8 Å². The van der Waals surface area contributed by atoms with Gasteiger partial charge in [-0.3, -0.25) is 4.79 Å². The Morgan fingerprint density at radius 3 is 2.12 bits per heavy atom. The summed E-state index contributed by atoms with van der Waals surface area (Å²) in [6.07, 6.45) is 15.1. The number of halogens is 1. The highest BCUT2D eigenvalue weighted by Crippen LogP contribution is 2.42. The van der Waals surface area contributed by atoms with Crippen LogP contribution in [0.4, 0.5) is 0 Å². The first-order chi connectivity index (χ1) is 16.0. The number of hydrogen-bond acceptors (Lipinski definition) is 2. The molecule has 0 unspecified atom stereocenters. The van der Waals surface area contributed by atoms with Gasteiger partial charge >= 0.3 is 0 Å². The predicted molar refractivity (Wildman–Crippen MR) is 149 cm³/mol. The van der Waals surface area contributed by atoms with Gasteiger partial charge in [-0.1, -0.05) is 89.1 Å². The van der Waals surface area contributed by atoms with Gasteiger partial charge in [0.05, 0.1) is 6.10 Å². The van der Waals surface area contributed by atoms with Crippen molar-refractivity contribution in [3.8, 4) is 0 Å². The molecule has 4 heteroatoms. The molecule has 1 amide bonds. The Bertz CT molecular complexity index is 745. The molecule has 1 aliphatic rings. The molecule has 0 saturated heterocycles. The molecule has 194 valence electrons. The van der Waals surface area contributed by atoms with Crippen molar-refractivity contribution in [2.75, 3.05) is 6.61 Å². The minimum absolute atomic E-state index is 0.0397. The second-order valence-corrected chi connectivity index (χ2v) is 13.0. The third kappa shape index (κ3) is 10.0. The maximum Gasteiger partial charge on any atom is 0.251 e. The van der Waals surface area contributed by atoms with Crippen LogP contribution in [-0.2, 0) is 4.74 Å². The Balaban J connectivity index is 1.47. The molecular formula is C30H50BrNO2. The Morgan fingerprint density at radius 1 is 0.941 bits per heavy atom. The van der Waals surface area contributed by atoms with Crippen molar-refractivity contribution in [1.29, 1.82) is 0 Å². The SMILES string of the molecule is Cc1cc(C(=O)NC2CCC(OCCCCCCCCCC(C)(C)C(C)(C)C)CC2)ccc1Br. The van der Waals surface area contributed by atoms with Crippen molar-refractivity contribution in [2.45, 2.75) is 131 Å². The maximum absolute atomic E-state index is 12.5. The molecule has 34 heavy (non-hydrogen) atoms. The first-order valence-corrected chi connectivity index (χ1v) is 14.5. The van der Waals surface area contributed by atoms with E-state index in [2.05, 4.69) is 55.9 Å². The Kier molecular flexibility index (Phi) is 12.1. The molecule has 1 saturated carbocycles. The first-order valence-electron chi connectivity index (χ1n) is 13.7. The highest BCUT2D eigenvalue weighted by molar-refractivity contribution is 9.10. The molecule has 0 radical (unpaired) electrons. The van der Waals surface area contributed by atoms with E-state index in [4.69, 9.17) is 4.74 Å². The molecule has 1 aromatic rings. The molecule has 1 fully saturated rings. The predicted octanol–water partition coefficient (Wildman–Crippen LogP) is 9.01. The third-order valence-electron chi connectivity index (χ3n) is 8.26. The lowest BCUT2D eigenvalue weighted by Crippen LogP contribution is -2.39. The lowest BCUT2D eigenvalue weighted by Gasteiger charge is -2.39. The second kappa shape index (κ2) is 14.0. The van der Waals surface area contributed by atoms with Gasteiger partial charge in [-0.05, 0) is 80.0 Å². The van der Waals surface area contributed by atoms with E-state index in [1.165, 1.54) is 51.4 Å². The van der Waals surface area contributed by atoms with Gasteiger partial charge < -0.3 is 10.1 Å². The number of carbonyl (C=O) groups excluding carboxylic acids is 1. The van der Waals surface area contributed by atoms with Crippen LogP contribution >= 0.6 is 15.9 Å². The van der Waals surface area contributed by atoms with Gasteiger partial charge in [-0.15, -0.1) is 0 Å². The fraction of sp³-hybridized carbons (Fsp3) is 0.767. The summed E-state index contributed by atoms with van der Waals surface area (Å²) in [5, 5.41) is 3.21. The minimum Gasteiger partial charge on any atom is -0.378 e. The highest BCUT2D eigenvalue weighted by Gasteiger charge is 2.31. The van der Waals surface area contributed by atoms with E-state index in [9.17, 15) is 4.79 Å². The molecule has 0 aromatic heterocycles. The van der Waals surface area contributed by atoms with Gasteiger partial charge in [0.15, 0.2) is 0 Å². The van der Waals surface area contributed by atoms with E-state index in [1.807, 2.05) is 25.1 Å². The number of nitrogens with one attached hydrogen (secondary N) is 1. The Morgan fingerprint density at radius 2 is 1.53 bits per heavy atom. The highest BCUT2D eigenvalue weighted by atomic mass is 79.9. The van der Waals surface area contributed by atoms with Crippen LogP contribution < -0.4 is 5.32 Å². The number of hydrogen-bond donors (Lipinski definition) is 1. The summed E-state index contributed by atoms with van der Waals surface area (Å²) in [6, 6.07) is 6.05. The topological polar surface area (TPSA) is 38.3 Å². The van der Waals surface area contributed by atoms with Gasteiger partial charge in [0.1, 0.15) is 0 Å². The number of benzene rings is 1. The van der Waals surface area contributed by atoms with E-state index in [-0.39, 0.29) is 11.9 Å². The fourth-order valence-corrected chi connectivity index (χ4v) is 4.85. The summed E-state index contributed by atoms with van der Waals surface area (Å²) in [7, 11) is 0. The van der Waals surface area contributed by atoms with Crippen LogP contribution in [0.5, 0.6) is 0 Å². The first kappa shape index (κ1) is 29.4. The zero-order chi connectivity index (χ0) is 25.2. The van der Waals surface area contributed by atoms with Crippen molar-refractivity contribution in [3.63, 3.8) is 0 Å². The van der Waals surface area contributed by atoms with Gasteiger partial charge in [0.2, 0.25) is 0 Å². The zero-order valence-electron chi connectivity index (χ0n) is 22.8. The average molecular weight is 537 g/mol. The Hall–Kier alpha value is -0.870. The smallest absolute Gasteiger partial charge is 0.251 e. The largest absolute Gasteiger partial charge is 0.378 e. The van der Waals surface area contributed by atoms with Crippen molar-refractivity contribution >= 4 is 21.8 Å². The quantitative estimate of drug-likeness (QED) is 0.256. The normalized spacial score (nSPS) is 19.3. The van der Waals surface area contributed by atoms with Gasteiger partial charge in [0, 0.05) is 22.7 Å². The molecule has 0 spiro atoms. The maximum atomic E-state index is 12.5. The molecule has 2 rings (SSSR count). The van der Waals surface area contributed by atoms with E-state index < -0.39 is 0 Å². The van der Waals surface area contributed by atoms with Gasteiger partial charge in [0.25, 0.3) is 5.91 Å². The molecule has 0 heterocycles. The van der Waals surface area contributed by atoms with Crippen LogP contribution in [0.3, 0.4) is 0 Å².